The van der Waals surface area contributed by atoms with Crippen molar-refractivity contribution in [2.24, 2.45) is 0 Å². The molecule has 2 aromatic rings. The Morgan fingerprint density at radius 2 is 1.96 bits per heavy atom. The fourth-order valence-corrected chi connectivity index (χ4v) is 4.20. The fraction of sp³-hybridized carbons (Fsp3) is 0.421. The van der Waals surface area contributed by atoms with Crippen LogP contribution in [0.4, 0.5) is 0 Å². The Hall–Kier alpha value is -1.65. The van der Waals surface area contributed by atoms with E-state index in [2.05, 4.69) is 36.2 Å². The first-order valence-electron chi connectivity index (χ1n) is 8.33. The SMILES string of the molecule is Cc1cc(C(=O)NCC(C)N2CCCC2)sc1-c1ccccc1. The second kappa shape index (κ2) is 7.28. The number of aryl methyl sites for hydroxylation is 1. The number of hydrogen-bond donors (Lipinski definition) is 1. The lowest BCUT2D eigenvalue weighted by Crippen LogP contribution is -2.40. The third kappa shape index (κ3) is 3.82. The molecule has 1 N–H and O–H groups in total. The molecule has 1 aromatic carbocycles. The fourth-order valence-electron chi connectivity index (χ4n) is 3.11. The summed E-state index contributed by atoms with van der Waals surface area (Å²) in [6.07, 6.45) is 2.56. The zero-order valence-corrected chi connectivity index (χ0v) is 14.7. The lowest BCUT2D eigenvalue weighted by molar-refractivity contribution is 0.0944. The maximum absolute atomic E-state index is 12.4. The number of thiophene rings is 1. The maximum Gasteiger partial charge on any atom is 0.261 e. The topological polar surface area (TPSA) is 32.3 Å². The molecule has 23 heavy (non-hydrogen) atoms. The zero-order valence-electron chi connectivity index (χ0n) is 13.8. The zero-order chi connectivity index (χ0) is 16.2. The summed E-state index contributed by atoms with van der Waals surface area (Å²) in [5.74, 6) is 0.0475. The van der Waals surface area contributed by atoms with E-state index >= 15 is 0 Å². The summed E-state index contributed by atoms with van der Waals surface area (Å²) in [6.45, 7) is 7.31. The molecule has 1 aromatic heterocycles. The van der Waals surface area contributed by atoms with Crippen molar-refractivity contribution in [3.05, 3.63) is 46.8 Å². The number of benzene rings is 1. The summed E-state index contributed by atoms with van der Waals surface area (Å²) in [5.41, 5.74) is 2.35. The molecule has 122 valence electrons. The molecule has 0 radical (unpaired) electrons. The third-order valence-electron chi connectivity index (χ3n) is 4.50. The molecule has 1 atom stereocenters. The molecule has 1 fully saturated rings. The van der Waals surface area contributed by atoms with E-state index in [0.717, 1.165) is 24.5 Å². The van der Waals surface area contributed by atoms with Crippen LogP contribution in [0.25, 0.3) is 10.4 Å². The van der Waals surface area contributed by atoms with Crippen LogP contribution in [0.3, 0.4) is 0 Å². The highest BCUT2D eigenvalue weighted by molar-refractivity contribution is 7.17. The molecule has 1 amide bonds. The first-order chi connectivity index (χ1) is 11.1. The molecule has 1 unspecified atom stereocenters. The van der Waals surface area contributed by atoms with Crippen LogP contribution in [0.5, 0.6) is 0 Å². The molecular formula is C19H24N2OS. The predicted octanol–water partition coefficient (Wildman–Crippen LogP) is 3.94. The standard InChI is InChI=1S/C19H24N2OS/c1-14-12-17(23-18(14)16-8-4-3-5-9-16)19(22)20-13-15(2)21-10-6-7-11-21/h3-5,8-9,12,15H,6-7,10-11,13H2,1-2H3,(H,20,22). The number of amides is 1. The molecule has 3 nitrogen and oxygen atoms in total. The quantitative estimate of drug-likeness (QED) is 0.902. The van der Waals surface area contributed by atoms with Gasteiger partial charge in [-0.3, -0.25) is 9.69 Å². The second-order valence-corrected chi connectivity index (χ2v) is 7.34. The Morgan fingerprint density at radius 3 is 2.65 bits per heavy atom. The van der Waals surface area contributed by atoms with Crippen molar-refractivity contribution >= 4 is 17.2 Å². The molecule has 0 aliphatic carbocycles. The van der Waals surface area contributed by atoms with E-state index in [4.69, 9.17) is 0 Å². The Balaban J connectivity index is 1.64. The van der Waals surface area contributed by atoms with Gasteiger partial charge in [0.1, 0.15) is 0 Å². The van der Waals surface area contributed by atoms with Gasteiger partial charge >= 0.3 is 0 Å². The number of likely N-dealkylation sites (tertiary alicyclic amines) is 1. The van der Waals surface area contributed by atoms with Gasteiger partial charge in [-0.25, -0.2) is 0 Å². The van der Waals surface area contributed by atoms with Crippen LogP contribution >= 0.6 is 11.3 Å². The molecule has 0 spiro atoms. The van der Waals surface area contributed by atoms with Gasteiger partial charge in [0.25, 0.3) is 5.91 Å². The van der Waals surface area contributed by atoms with Crippen LogP contribution in [-0.2, 0) is 0 Å². The molecule has 0 saturated carbocycles. The van der Waals surface area contributed by atoms with Crippen LogP contribution in [0.15, 0.2) is 36.4 Å². The highest BCUT2D eigenvalue weighted by atomic mass is 32.1. The summed E-state index contributed by atoms with van der Waals surface area (Å²) in [7, 11) is 0. The molecular weight excluding hydrogens is 304 g/mol. The van der Waals surface area contributed by atoms with Crippen molar-refractivity contribution in [1.29, 1.82) is 0 Å². The summed E-state index contributed by atoms with van der Waals surface area (Å²) in [4.78, 5) is 16.9. The number of carbonyl (C=O) groups is 1. The monoisotopic (exact) mass is 328 g/mol. The van der Waals surface area contributed by atoms with E-state index in [1.54, 1.807) is 11.3 Å². The summed E-state index contributed by atoms with van der Waals surface area (Å²) < 4.78 is 0. The van der Waals surface area contributed by atoms with Gasteiger partial charge in [0, 0.05) is 17.5 Å². The summed E-state index contributed by atoms with van der Waals surface area (Å²) in [5, 5.41) is 3.10. The Bertz CT molecular complexity index is 659. The van der Waals surface area contributed by atoms with Gasteiger partial charge in [-0.1, -0.05) is 30.3 Å². The van der Waals surface area contributed by atoms with Crippen molar-refractivity contribution in [2.75, 3.05) is 19.6 Å². The van der Waals surface area contributed by atoms with Crippen molar-refractivity contribution in [3.63, 3.8) is 0 Å². The molecule has 0 bridgehead atoms. The highest BCUT2D eigenvalue weighted by Crippen LogP contribution is 2.32. The molecule has 1 aliphatic heterocycles. The van der Waals surface area contributed by atoms with Gasteiger partial charge in [-0.05, 0) is 57.0 Å². The van der Waals surface area contributed by atoms with Crippen LogP contribution in [0.2, 0.25) is 0 Å². The van der Waals surface area contributed by atoms with E-state index < -0.39 is 0 Å². The van der Waals surface area contributed by atoms with Crippen LogP contribution in [0.1, 0.15) is 35.0 Å². The average molecular weight is 328 g/mol. The molecule has 2 heterocycles. The lowest BCUT2D eigenvalue weighted by atomic mass is 10.1. The summed E-state index contributed by atoms with van der Waals surface area (Å²) in [6, 6.07) is 12.7. The average Bonchev–Trinajstić information content (AvgIpc) is 3.23. The number of nitrogens with zero attached hydrogens (tertiary/aromatic N) is 1. The molecule has 3 rings (SSSR count). The number of carbonyl (C=O) groups excluding carboxylic acids is 1. The van der Waals surface area contributed by atoms with Gasteiger partial charge in [-0.2, -0.15) is 0 Å². The normalized spacial score (nSPS) is 16.4. The number of nitrogens with one attached hydrogen (secondary N) is 1. The minimum Gasteiger partial charge on any atom is -0.350 e. The molecule has 1 saturated heterocycles. The molecule has 4 heteroatoms. The maximum atomic E-state index is 12.4. The first-order valence-corrected chi connectivity index (χ1v) is 9.15. The molecule has 1 aliphatic rings. The van der Waals surface area contributed by atoms with Crippen LogP contribution in [-0.4, -0.2) is 36.5 Å². The number of rotatable bonds is 5. The van der Waals surface area contributed by atoms with Gasteiger partial charge in [0.2, 0.25) is 0 Å². The minimum atomic E-state index is 0.0475. The van der Waals surface area contributed by atoms with Crippen molar-refractivity contribution in [3.8, 4) is 10.4 Å². The Morgan fingerprint density at radius 1 is 1.26 bits per heavy atom. The smallest absolute Gasteiger partial charge is 0.261 e. The van der Waals surface area contributed by atoms with E-state index in [0.29, 0.717) is 6.04 Å². The Kier molecular flexibility index (Phi) is 5.13. The third-order valence-corrected chi connectivity index (χ3v) is 5.78. The van der Waals surface area contributed by atoms with Gasteiger partial charge in [0.05, 0.1) is 4.88 Å². The highest BCUT2D eigenvalue weighted by Gasteiger charge is 2.19. The van der Waals surface area contributed by atoms with Crippen molar-refractivity contribution < 1.29 is 4.79 Å². The van der Waals surface area contributed by atoms with Crippen molar-refractivity contribution in [2.45, 2.75) is 32.7 Å². The van der Waals surface area contributed by atoms with E-state index in [1.165, 1.54) is 28.8 Å². The summed E-state index contributed by atoms with van der Waals surface area (Å²) >= 11 is 1.58. The Labute approximate surface area is 142 Å². The van der Waals surface area contributed by atoms with Crippen LogP contribution < -0.4 is 5.32 Å². The first kappa shape index (κ1) is 16.2. The van der Waals surface area contributed by atoms with E-state index in [-0.39, 0.29) is 5.91 Å². The van der Waals surface area contributed by atoms with Crippen molar-refractivity contribution in [1.82, 2.24) is 10.2 Å². The predicted molar refractivity (Wildman–Crippen MR) is 97.1 cm³/mol. The van der Waals surface area contributed by atoms with Gasteiger partial charge in [0.15, 0.2) is 0 Å². The second-order valence-electron chi connectivity index (χ2n) is 6.29. The van der Waals surface area contributed by atoms with E-state index in [1.807, 2.05) is 24.3 Å². The van der Waals surface area contributed by atoms with Gasteiger partial charge in [-0.15, -0.1) is 11.3 Å². The largest absolute Gasteiger partial charge is 0.350 e. The van der Waals surface area contributed by atoms with E-state index in [9.17, 15) is 4.79 Å². The number of hydrogen-bond acceptors (Lipinski definition) is 3. The van der Waals surface area contributed by atoms with Crippen LogP contribution in [0, 0.1) is 6.92 Å². The minimum absolute atomic E-state index is 0.0475. The lowest BCUT2D eigenvalue weighted by Gasteiger charge is -2.23. The van der Waals surface area contributed by atoms with Gasteiger partial charge < -0.3 is 5.32 Å².